The Bertz CT molecular complexity index is 461. The minimum atomic E-state index is 0.216. The molecule has 0 aliphatic heterocycles. The monoisotopic (exact) mass is 297 g/mol. The summed E-state index contributed by atoms with van der Waals surface area (Å²) in [6.07, 6.45) is 2.51. The van der Waals surface area contributed by atoms with Gasteiger partial charge in [-0.2, -0.15) is 0 Å². The molecule has 0 unspecified atom stereocenters. The van der Waals surface area contributed by atoms with Crippen LogP contribution in [-0.2, 0) is 6.54 Å². The minimum absolute atomic E-state index is 0.216. The zero-order valence-electron chi connectivity index (χ0n) is 11.9. The van der Waals surface area contributed by atoms with Crippen LogP contribution in [0.1, 0.15) is 18.4 Å². The Morgan fingerprint density at radius 3 is 2.35 bits per heavy atom. The van der Waals surface area contributed by atoms with Gasteiger partial charge in [-0.3, -0.25) is 0 Å². The summed E-state index contributed by atoms with van der Waals surface area (Å²) in [5.41, 5.74) is 1.10. The van der Waals surface area contributed by atoms with Crippen molar-refractivity contribution in [3.8, 4) is 17.2 Å². The zero-order chi connectivity index (χ0) is 14.5. The molecule has 20 heavy (non-hydrogen) atoms. The molecule has 1 aromatic carbocycles. The zero-order valence-corrected chi connectivity index (χ0v) is 12.6. The van der Waals surface area contributed by atoms with Crippen molar-refractivity contribution in [3.05, 3.63) is 29.3 Å². The van der Waals surface area contributed by atoms with Crippen molar-refractivity contribution < 1.29 is 14.2 Å². The van der Waals surface area contributed by atoms with Crippen molar-refractivity contribution in [1.82, 2.24) is 5.32 Å². The fourth-order valence-corrected chi connectivity index (χ4v) is 1.93. The van der Waals surface area contributed by atoms with E-state index in [4.69, 9.17) is 25.8 Å². The molecule has 0 heterocycles. The van der Waals surface area contributed by atoms with Gasteiger partial charge in [-0.1, -0.05) is 18.2 Å². The van der Waals surface area contributed by atoms with Gasteiger partial charge in [0, 0.05) is 17.6 Å². The van der Waals surface area contributed by atoms with Gasteiger partial charge in [-0.15, -0.1) is 0 Å². The smallest absolute Gasteiger partial charge is 0.203 e. The van der Waals surface area contributed by atoms with E-state index in [2.05, 4.69) is 11.9 Å². The molecule has 0 amide bonds. The third-order valence-electron chi connectivity index (χ3n) is 3.07. The Balaban J connectivity index is 2.17. The molecule has 1 saturated carbocycles. The fourth-order valence-electron chi connectivity index (χ4n) is 1.88. The number of benzene rings is 1. The summed E-state index contributed by atoms with van der Waals surface area (Å²) >= 11 is 5.73. The molecular weight excluding hydrogens is 278 g/mol. The average molecular weight is 298 g/mol. The summed E-state index contributed by atoms with van der Waals surface area (Å²) in [6.45, 7) is 4.61. The highest BCUT2D eigenvalue weighted by Crippen LogP contribution is 2.39. The van der Waals surface area contributed by atoms with E-state index in [1.165, 1.54) is 12.8 Å². The maximum atomic E-state index is 5.73. The second-order valence-corrected chi connectivity index (χ2v) is 5.33. The summed E-state index contributed by atoms with van der Waals surface area (Å²) in [5.74, 6) is 1.82. The van der Waals surface area contributed by atoms with E-state index in [1.54, 1.807) is 14.2 Å². The van der Waals surface area contributed by atoms with Crippen molar-refractivity contribution in [2.24, 2.45) is 0 Å². The Morgan fingerprint density at radius 1 is 1.30 bits per heavy atom. The molecule has 1 aliphatic carbocycles. The van der Waals surface area contributed by atoms with E-state index < -0.39 is 0 Å². The van der Waals surface area contributed by atoms with Crippen molar-refractivity contribution in [2.45, 2.75) is 25.4 Å². The number of ether oxygens (including phenoxy) is 3. The lowest BCUT2D eigenvalue weighted by Gasteiger charge is -2.16. The number of halogens is 1. The van der Waals surface area contributed by atoms with Crippen LogP contribution in [0.15, 0.2) is 23.7 Å². The number of hydrogen-bond acceptors (Lipinski definition) is 4. The van der Waals surface area contributed by atoms with Gasteiger partial charge in [0.25, 0.3) is 0 Å². The first-order valence-electron chi connectivity index (χ1n) is 6.58. The standard InChI is InChI=1S/C15H20ClNO3/c1-10(16)9-20-15-13(18-2)6-11(7-14(15)19-3)8-17-12-4-5-12/h6-7,12,17H,1,4-5,8-9H2,2-3H3. The minimum Gasteiger partial charge on any atom is -0.493 e. The van der Waals surface area contributed by atoms with E-state index >= 15 is 0 Å². The van der Waals surface area contributed by atoms with Gasteiger partial charge in [-0.05, 0) is 30.5 Å². The van der Waals surface area contributed by atoms with E-state index in [1.807, 2.05) is 12.1 Å². The van der Waals surface area contributed by atoms with Crippen LogP contribution in [0.5, 0.6) is 17.2 Å². The molecule has 4 nitrogen and oxygen atoms in total. The predicted octanol–water partition coefficient (Wildman–Crippen LogP) is 3.09. The topological polar surface area (TPSA) is 39.7 Å². The highest BCUT2D eigenvalue weighted by molar-refractivity contribution is 6.29. The first-order chi connectivity index (χ1) is 9.63. The summed E-state index contributed by atoms with van der Waals surface area (Å²) in [7, 11) is 3.21. The molecule has 1 fully saturated rings. The SMILES string of the molecule is C=C(Cl)COc1c(OC)cc(CNC2CC2)cc1OC. The summed E-state index contributed by atoms with van der Waals surface area (Å²) in [6, 6.07) is 4.55. The van der Waals surface area contributed by atoms with E-state index in [0.29, 0.717) is 28.3 Å². The highest BCUT2D eigenvalue weighted by atomic mass is 35.5. The predicted molar refractivity (Wildman–Crippen MR) is 79.9 cm³/mol. The Kier molecular flexibility index (Phi) is 5.15. The normalized spacial score (nSPS) is 13.9. The van der Waals surface area contributed by atoms with Crippen LogP contribution >= 0.6 is 11.6 Å². The van der Waals surface area contributed by atoms with Gasteiger partial charge < -0.3 is 19.5 Å². The second kappa shape index (κ2) is 6.86. The largest absolute Gasteiger partial charge is 0.493 e. The van der Waals surface area contributed by atoms with Crippen LogP contribution in [0.4, 0.5) is 0 Å². The molecule has 0 atom stereocenters. The van der Waals surface area contributed by atoms with Crippen LogP contribution < -0.4 is 19.5 Å². The van der Waals surface area contributed by atoms with Crippen molar-refractivity contribution in [2.75, 3.05) is 20.8 Å². The number of hydrogen-bond donors (Lipinski definition) is 1. The lowest BCUT2D eigenvalue weighted by atomic mass is 10.1. The van der Waals surface area contributed by atoms with Gasteiger partial charge in [0.1, 0.15) is 6.61 Å². The molecule has 2 rings (SSSR count). The second-order valence-electron chi connectivity index (χ2n) is 4.79. The molecule has 1 N–H and O–H groups in total. The first-order valence-corrected chi connectivity index (χ1v) is 6.96. The summed E-state index contributed by atoms with van der Waals surface area (Å²) in [4.78, 5) is 0. The summed E-state index contributed by atoms with van der Waals surface area (Å²) in [5, 5.41) is 3.88. The molecule has 0 radical (unpaired) electrons. The fraction of sp³-hybridized carbons (Fsp3) is 0.467. The molecule has 0 saturated heterocycles. The highest BCUT2D eigenvalue weighted by Gasteiger charge is 2.21. The Morgan fingerprint density at radius 2 is 1.90 bits per heavy atom. The van der Waals surface area contributed by atoms with Gasteiger partial charge in [0.15, 0.2) is 11.5 Å². The lowest BCUT2D eigenvalue weighted by molar-refractivity contribution is 0.298. The summed E-state index contributed by atoms with van der Waals surface area (Å²) < 4.78 is 16.4. The maximum Gasteiger partial charge on any atom is 0.203 e. The van der Waals surface area contributed by atoms with E-state index in [-0.39, 0.29) is 6.61 Å². The van der Waals surface area contributed by atoms with Gasteiger partial charge in [0.2, 0.25) is 5.75 Å². The molecule has 1 aliphatic rings. The van der Waals surface area contributed by atoms with Crippen LogP contribution in [0.3, 0.4) is 0 Å². The number of rotatable bonds is 8. The number of nitrogens with one attached hydrogen (secondary N) is 1. The third kappa shape index (κ3) is 4.05. The van der Waals surface area contributed by atoms with Crippen molar-refractivity contribution in [3.63, 3.8) is 0 Å². The van der Waals surface area contributed by atoms with Gasteiger partial charge in [-0.25, -0.2) is 0 Å². The third-order valence-corrected chi connectivity index (χ3v) is 3.17. The van der Waals surface area contributed by atoms with Crippen LogP contribution in [0.25, 0.3) is 0 Å². The Hall–Kier alpha value is -1.39. The lowest BCUT2D eigenvalue weighted by Crippen LogP contribution is -2.15. The van der Waals surface area contributed by atoms with Gasteiger partial charge in [0.05, 0.1) is 14.2 Å². The van der Waals surface area contributed by atoms with Crippen molar-refractivity contribution in [1.29, 1.82) is 0 Å². The first kappa shape index (κ1) is 15.0. The molecule has 0 aromatic heterocycles. The van der Waals surface area contributed by atoms with E-state index in [0.717, 1.165) is 12.1 Å². The molecule has 0 spiro atoms. The van der Waals surface area contributed by atoms with Crippen LogP contribution in [0.2, 0.25) is 0 Å². The molecule has 1 aromatic rings. The molecule has 5 heteroatoms. The average Bonchev–Trinajstić information content (AvgIpc) is 3.26. The van der Waals surface area contributed by atoms with Crippen LogP contribution in [0, 0.1) is 0 Å². The molecule has 110 valence electrons. The molecule has 0 bridgehead atoms. The van der Waals surface area contributed by atoms with E-state index in [9.17, 15) is 0 Å². The maximum absolute atomic E-state index is 5.73. The van der Waals surface area contributed by atoms with Crippen LogP contribution in [-0.4, -0.2) is 26.9 Å². The molecular formula is C15H20ClNO3. The quantitative estimate of drug-likeness (QED) is 0.800. The van der Waals surface area contributed by atoms with Gasteiger partial charge >= 0.3 is 0 Å². The Labute approximate surface area is 124 Å². The van der Waals surface area contributed by atoms with Crippen molar-refractivity contribution >= 4 is 11.6 Å². The number of methoxy groups -OCH3 is 2.